The summed E-state index contributed by atoms with van der Waals surface area (Å²) in [5.41, 5.74) is 2.07. The van der Waals surface area contributed by atoms with E-state index in [1.807, 2.05) is 59.7 Å². The predicted octanol–water partition coefficient (Wildman–Crippen LogP) is 3.32. The summed E-state index contributed by atoms with van der Waals surface area (Å²) in [5.74, 6) is 0.649. The van der Waals surface area contributed by atoms with E-state index in [-0.39, 0.29) is 17.4 Å². The molecule has 2 aromatic carbocycles. The fraction of sp³-hybridized carbons (Fsp3) is 0.300. The number of carbonyl (C=O) groups is 1. The molecule has 3 unspecified atom stereocenters. The molecule has 1 saturated heterocycles. The minimum absolute atomic E-state index is 0.0605. The lowest BCUT2D eigenvalue weighted by atomic mass is 10.0. The lowest BCUT2D eigenvalue weighted by Crippen LogP contribution is -2.53. The van der Waals surface area contributed by atoms with Gasteiger partial charge in [-0.3, -0.25) is 4.79 Å². The van der Waals surface area contributed by atoms with Gasteiger partial charge in [0.15, 0.2) is 6.04 Å². The van der Waals surface area contributed by atoms with Gasteiger partial charge in [0, 0.05) is 18.5 Å². The van der Waals surface area contributed by atoms with Crippen molar-refractivity contribution >= 4 is 23.6 Å². The van der Waals surface area contributed by atoms with Crippen LogP contribution in [0.25, 0.3) is 0 Å². The molecule has 1 amide bonds. The first-order chi connectivity index (χ1) is 12.3. The van der Waals surface area contributed by atoms with Crippen LogP contribution in [0.4, 0.5) is 0 Å². The van der Waals surface area contributed by atoms with Crippen LogP contribution in [-0.4, -0.2) is 40.5 Å². The number of thioether (sulfide) groups is 1. The lowest BCUT2D eigenvalue weighted by molar-refractivity contribution is -0.139. The fourth-order valence-corrected chi connectivity index (χ4v) is 4.20. The van der Waals surface area contributed by atoms with Crippen molar-refractivity contribution in [3.8, 4) is 0 Å². The molecule has 0 bridgehead atoms. The smallest absolute Gasteiger partial charge is 0.252 e. The van der Waals surface area contributed by atoms with Gasteiger partial charge in [0.05, 0.1) is 5.37 Å². The summed E-state index contributed by atoms with van der Waals surface area (Å²) < 4.78 is 6.04. The van der Waals surface area contributed by atoms with Crippen LogP contribution in [0.15, 0.2) is 65.7 Å². The molecule has 1 fully saturated rings. The molecule has 4 nitrogen and oxygen atoms in total. The minimum atomic E-state index is -0.428. The van der Waals surface area contributed by atoms with E-state index in [9.17, 15) is 4.79 Å². The predicted molar refractivity (Wildman–Crippen MR) is 101 cm³/mol. The number of hydrogen-bond acceptors (Lipinski definition) is 4. The van der Waals surface area contributed by atoms with E-state index >= 15 is 0 Å². The van der Waals surface area contributed by atoms with Gasteiger partial charge >= 0.3 is 0 Å². The topological polar surface area (TPSA) is 41.9 Å². The van der Waals surface area contributed by atoms with Gasteiger partial charge in [-0.15, -0.1) is 11.8 Å². The Morgan fingerprint density at radius 2 is 1.80 bits per heavy atom. The van der Waals surface area contributed by atoms with Gasteiger partial charge in [-0.2, -0.15) is 0 Å². The molecule has 0 radical (unpaired) electrons. The van der Waals surface area contributed by atoms with Gasteiger partial charge in [0.2, 0.25) is 5.90 Å². The van der Waals surface area contributed by atoms with E-state index < -0.39 is 6.04 Å². The first-order valence-corrected chi connectivity index (χ1v) is 9.72. The summed E-state index contributed by atoms with van der Waals surface area (Å²) in [6.07, 6.45) is 2.68. The molecule has 128 valence electrons. The molecule has 3 atom stereocenters. The van der Waals surface area contributed by atoms with Crippen LogP contribution >= 0.6 is 11.8 Å². The zero-order valence-electron chi connectivity index (χ0n) is 14.0. The third kappa shape index (κ3) is 3.16. The van der Waals surface area contributed by atoms with Crippen molar-refractivity contribution < 1.29 is 9.53 Å². The van der Waals surface area contributed by atoms with Gasteiger partial charge in [-0.25, -0.2) is 4.99 Å². The lowest BCUT2D eigenvalue weighted by Gasteiger charge is -2.38. The Bertz CT molecular complexity index is 779. The molecule has 0 N–H and O–H groups in total. The summed E-state index contributed by atoms with van der Waals surface area (Å²) in [6, 6.07) is 19.5. The third-order valence-electron chi connectivity index (χ3n) is 4.68. The standard InChI is InChI=1S/C20H20N2O2S/c1-25-17-12-16-18(21-19(24-16)15-10-6-3-7-11-15)20(23)22(17)13-14-8-4-2-5-9-14/h2-11,16-18H,12-13H2,1H3. The first kappa shape index (κ1) is 16.2. The summed E-state index contributed by atoms with van der Waals surface area (Å²) in [7, 11) is 0. The number of likely N-dealkylation sites (tertiary alicyclic amines) is 1. The van der Waals surface area contributed by atoms with E-state index in [0.717, 1.165) is 17.5 Å². The largest absolute Gasteiger partial charge is 0.471 e. The van der Waals surface area contributed by atoms with E-state index in [1.54, 1.807) is 11.8 Å². The van der Waals surface area contributed by atoms with Crippen LogP contribution < -0.4 is 0 Å². The van der Waals surface area contributed by atoms with Gasteiger partial charge < -0.3 is 9.64 Å². The number of benzene rings is 2. The zero-order chi connectivity index (χ0) is 17.2. The van der Waals surface area contributed by atoms with Gasteiger partial charge in [-0.05, 0) is 24.0 Å². The molecule has 2 aromatic rings. The van der Waals surface area contributed by atoms with E-state index in [1.165, 1.54) is 0 Å². The monoisotopic (exact) mass is 352 g/mol. The molecule has 2 heterocycles. The van der Waals surface area contributed by atoms with Crippen molar-refractivity contribution in [1.29, 1.82) is 0 Å². The summed E-state index contributed by atoms with van der Waals surface area (Å²) in [6.45, 7) is 0.616. The van der Waals surface area contributed by atoms with E-state index in [2.05, 4.69) is 17.1 Å². The Morgan fingerprint density at radius 3 is 2.48 bits per heavy atom. The number of piperidine rings is 1. The second-order valence-corrected chi connectivity index (χ2v) is 7.29. The van der Waals surface area contributed by atoms with Gasteiger partial charge in [0.1, 0.15) is 6.10 Å². The zero-order valence-corrected chi connectivity index (χ0v) is 14.9. The first-order valence-electron chi connectivity index (χ1n) is 8.43. The second kappa shape index (κ2) is 6.92. The summed E-state index contributed by atoms with van der Waals surface area (Å²) in [4.78, 5) is 19.6. The molecule has 0 aliphatic carbocycles. The number of hydrogen-bond donors (Lipinski definition) is 0. The van der Waals surface area contributed by atoms with Gasteiger partial charge in [0.25, 0.3) is 5.91 Å². The van der Waals surface area contributed by atoms with Crippen LogP contribution in [0.2, 0.25) is 0 Å². The molecule has 5 heteroatoms. The van der Waals surface area contributed by atoms with Crippen molar-refractivity contribution in [2.24, 2.45) is 4.99 Å². The maximum atomic E-state index is 13.1. The third-order valence-corrected chi connectivity index (χ3v) is 5.67. The maximum absolute atomic E-state index is 13.1. The number of rotatable bonds is 4. The molecule has 2 aliphatic rings. The highest BCUT2D eigenvalue weighted by atomic mass is 32.2. The number of ether oxygens (including phenoxy) is 1. The number of amides is 1. The Kier molecular flexibility index (Phi) is 4.49. The van der Waals surface area contributed by atoms with Crippen LogP contribution in [0.5, 0.6) is 0 Å². The molecule has 0 aromatic heterocycles. The second-order valence-electron chi connectivity index (χ2n) is 6.28. The average Bonchev–Trinajstić information content (AvgIpc) is 3.10. The van der Waals surface area contributed by atoms with Gasteiger partial charge in [-0.1, -0.05) is 48.5 Å². The quantitative estimate of drug-likeness (QED) is 0.848. The van der Waals surface area contributed by atoms with Crippen molar-refractivity contribution in [3.63, 3.8) is 0 Å². The molecule has 25 heavy (non-hydrogen) atoms. The summed E-state index contributed by atoms with van der Waals surface area (Å²) >= 11 is 1.70. The van der Waals surface area contributed by atoms with Crippen LogP contribution in [0, 0.1) is 0 Å². The highest BCUT2D eigenvalue weighted by molar-refractivity contribution is 7.99. The Balaban J connectivity index is 1.59. The number of fused-ring (bicyclic) bond motifs is 1. The molecule has 0 spiro atoms. The fourth-order valence-electron chi connectivity index (χ4n) is 3.38. The van der Waals surface area contributed by atoms with E-state index in [0.29, 0.717) is 12.4 Å². The Labute approximate surface area is 151 Å². The highest BCUT2D eigenvalue weighted by Crippen LogP contribution is 2.34. The Morgan fingerprint density at radius 1 is 1.12 bits per heavy atom. The minimum Gasteiger partial charge on any atom is -0.471 e. The van der Waals surface area contributed by atoms with Crippen molar-refractivity contribution in [1.82, 2.24) is 4.90 Å². The highest BCUT2D eigenvalue weighted by Gasteiger charge is 2.46. The molecular weight excluding hydrogens is 332 g/mol. The maximum Gasteiger partial charge on any atom is 0.252 e. The average molecular weight is 352 g/mol. The number of aliphatic imine (C=N–C) groups is 1. The molecular formula is C20H20N2O2S. The number of nitrogens with zero attached hydrogens (tertiary/aromatic N) is 2. The summed E-state index contributed by atoms with van der Waals surface area (Å²) in [5, 5.41) is 0.110. The van der Waals surface area contributed by atoms with Crippen LogP contribution in [-0.2, 0) is 16.1 Å². The molecule has 2 aliphatic heterocycles. The van der Waals surface area contributed by atoms with Crippen LogP contribution in [0.3, 0.4) is 0 Å². The number of carbonyl (C=O) groups excluding carboxylic acids is 1. The van der Waals surface area contributed by atoms with Crippen molar-refractivity contribution in [3.05, 3.63) is 71.8 Å². The van der Waals surface area contributed by atoms with Crippen molar-refractivity contribution in [2.75, 3.05) is 6.26 Å². The van der Waals surface area contributed by atoms with Crippen molar-refractivity contribution in [2.45, 2.75) is 30.5 Å². The Hall–Kier alpha value is -2.27. The normalized spacial score (nSPS) is 25.3. The molecule has 4 rings (SSSR count). The SMILES string of the molecule is CSC1CC2OC(c3ccccc3)=NC2C(=O)N1Cc1ccccc1. The van der Waals surface area contributed by atoms with Crippen LogP contribution in [0.1, 0.15) is 17.5 Å². The molecule has 0 saturated carbocycles. The van der Waals surface area contributed by atoms with E-state index in [4.69, 9.17) is 4.74 Å².